The van der Waals surface area contributed by atoms with Gasteiger partial charge in [-0.3, -0.25) is 4.98 Å². The van der Waals surface area contributed by atoms with Crippen LogP contribution in [0.2, 0.25) is 0 Å². The number of morpholine rings is 1. The van der Waals surface area contributed by atoms with Gasteiger partial charge in [0.05, 0.1) is 23.3 Å². The molecule has 0 amide bonds. The summed E-state index contributed by atoms with van der Waals surface area (Å²) in [6, 6.07) is 7.78. The number of pyridine rings is 1. The van der Waals surface area contributed by atoms with Gasteiger partial charge in [0.1, 0.15) is 5.60 Å². The topological polar surface area (TPSA) is 51.7 Å². The Bertz CT molecular complexity index is 772. The van der Waals surface area contributed by atoms with Crippen LogP contribution in [0.5, 0.6) is 0 Å². The summed E-state index contributed by atoms with van der Waals surface area (Å²) in [7, 11) is 0. The number of fused-ring (bicyclic) bond motifs is 1. The number of hydrogen-bond donors (Lipinski definition) is 0. The van der Waals surface area contributed by atoms with Gasteiger partial charge in [0.15, 0.2) is 0 Å². The molecule has 0 saturated carbocycles. The molecule has 25 heavy (non-hydrogen) atoms. The molecule has 1 saturated heterocycles. The maximum atomic E-state index is 12.6. The molecule has 2 atom stereocenters. The average Bonchev–Trinajstić information content (AvgIpc) is 2.51. The molecule has 0 N–H and O–H groups in total. The van der Waals surface area contributed by atoms with E-state index in [1.807, 2.05) is 32.9 Å². The second-order valence-electron chi connectivity index (χ2n) is 7.72. The van der Waals surface area contributed by atoms with Crippen LogP contribution in [0.25, 0.3) is 10.9 Å². The lowest BCUT2D eigenvalue weighted by Crippen LogP contribution is -2.45. The van der Waals surface area contributed by atoms with Gasteiger partial charge in [-0.1, -0.05) is 0 Å². The van der Waals surface area contributed by atoms with Crippen LogP contribution in [0.1, 0.15) is 45.0 Å². The molecule has 0 radical (unpaired) electrons. The predicted molar refractivity (Wildman–Crippen MR) is 99.1 cm³/mol. The Morgan fingerprint density at radius 1 is 1.20 bits per heavy atom. The van der Waals surface area contributed by atoms with Crippen LogP contribution in [0.3, 0.4) is 0 Å². The maximum absolute atomic E-state index is 12.6. The summed E-state index contributed by atoms with van der Waals surface area (Å²) >= 11 is 0. The van der Waals surface area contributed by atoms with Crippen molar-refractivity contribution in [3.05, 3.63) is 36.0 Å². The first kappa shape index (κ1) is 17.7. The summed E-state index contributed by atoms with van der Waals surface area (Å²) in [5.41, 5.74) is 1.89. The molecule has 0 bridgehead atoms. The fourth-order valence-electron chi connectivity index (χ4n) is 3.23. The van der Waals surface area contributed by atoms with Crippen LogP contribution >= 0.6 is 0 Å². The van der Waals surface area contributed by atoms with Gasteiger partial charge in [0, 0.05) is 30.4 Å². The Hall–Kier alpha value is -2.14. The molecule has 134 valence electrons. The Balaban J connectivity index is 1.98. The van der Waals surface area contributed by atoms with Crippen molar-refractivity contribution in [1.82, 2.24) is 4.98 Å². The largest absolute Gasteiger partial charge is 0.456 e. The number of anilines is 1. The van der Waals surface area contributed by atoms with Crippen LogP contribution in [0, 0.1) is 0 Å². The van der Waals surface area contributed by atoms with Crippen molar-refractivity contribution in [2.24, 2.45) is 0 Å². The number of nitrogens with zero attached hydrogens (tertiary/aromatic N) is 2. The Kier molecular flexibility index (Phi) is 4.69. The molecule has 1 unspecified atom stereocenters. The molecule has 5 heteroatoms. The van der Waals surface area contributed by atoms with E-state index in [0.29, 0.717) is 5.56 Å². The number of rotatable bonds is 2. The standard InChI is InChI=1S/C20H26N2O3/c1-13-11-22(12-14(2)24-13)15-6-7-18-17(10-15)16(8-9-21-18)19(23)25-20(3,4)5/h6-10,13-14H,11-12H2,1-5H3/t13-,14?/m0/s1. The van der Waals surface area contributed by atoms with Crippen molar-refractivity contribution in [3.8, 4) is 0 Å². The van der Waals surface area contributed by atoms with E-state index in [9.17, 15) is 4.79 Å². The first-order chi connectivity index (χ1) is 11.7. The molecular weight excluding hydrogens is 316 g/mol. The summed E-state index contributed by atoms with van der Waals surface area (Å²) in [5.74, 6) is -0.319. The van der Waals surface area contributed by atoms with Crippen molar-refractivity contribution in [2.75, 3.05) is 18.0 Å². The van der Waals surface area contributed by atoms with Crippen LogP contribution in [-0.2, 0) is 9.47 Å². The van der Waals surface area contributed by atoms with Gasteiger partial charge < -0.3 is 14.4 Å². The summed E-state index contributed by atoms with van der Waals surface area (Å²) in [6.07, 6.45) is 2.01. The molecule has 1 aliphatic rings. The van der Waals surface area contributed by atoms with E-state index in [4.69, 9.17) is 9.47 Å². The molecule has 1 fully saturated rings. The molecule has 1 aromatic carbocycles. The van der Waals surface area contributed by atoms with Crippen LogP contribution in [0.15, 0.2) is 30.5 Å². The quantitative estimate of drug-likeness (QED) is 0.777. The van der Waals surface area contributed by atoms with Crippen molar-refractivity contribution in [2.45, 2.75) is 52.4 Å². The first-order valence-electron chi connectivity index (χ1n) is 8.75. The van der Waals surface area contributed by atoms with Gasteiger partial charge in [-0.15, -0.1) is 0 Å². The summed E-state index contributed by atoms with van der Waals surface area (Å²) < 4.78 is 11.4. The first-order valence-corrected chi connectivity index (χ1v) is 8.75. The van der Waals surface area contributed by atoms with Crippen molar-refractivity contribution in [1.29, 1.82) is 0 Å². The molecule has 1 aliphatic heterocycles. The average molecular weight is 342 g/mol. The van der Waals surface area contributed by atoms with Gasteiger partial charge in [-0.2, -0.15) is 0 Å². The van der Waals surface area contributed by atoms with E-state index < -0.39 is 5.60 Å². The minimum atomic E-state index is -0.528. The lowest BCUT2D eigenvalue weighted by molar-refractivity contribution is -0.00525. The van der Waals surface area contributed by atoms with E-state index in [1.165, 1.54) is 0 Å². The van der Waals surface area contributed by atoms with Gasteiger partial charge in [0.25, 0.3) is 0 Å². The number of benzene rings is 1. The highest BCUT2D eigenvalue weighted by atomic mass is 16.6. The smallest absolute Gasteiger partial charge is 0.339 e. The zero-order chi connectivity index (χ0) is 18.2. The molecule has 2 aromatic rings. The second kappa shape index (κ2) is 6.64. The highest BCUT2D eigenvalue weighted by Crippen LogP contribution is 2.27. The third-order valence-corrected chi connectivity index (χ3v) is 4.13. The number of esters is 1. The highest BCUT2D eigenvalue weighted by Gasteiger charge is 2.24. The normalized spacial score (nSPS) is 21.4. The molecule has 0 aliphatic carbocycles. The number of aromatic nitrogens is 1. The minimum absolute atomic E-state index is 0.179. The SMILES string of the molecule is CC1CN(c2ccc3nccc(C(=O)OC(C)(C)C)c3c2)C[C@H](C)O1. The maximum Gasteiger partial charge on any atom is 0.339 e. The second-order valence-corrected chi connectivity index (χ2v) is 7.72. The van der Waals surface area contributed by atoms with Gasteiger partial charge in [-0.25, -0.2) is 4.79 Å². The Morgan fingerprint density at radius 3 is 2.52 bits per heavy atom. The monoisotopic (exact) mass is 342 g/mol. The van der Waals surface area contributed by atoms with E-state index >= 15 is 0 Å². The fourth-order valence-corrected chi connectivity index (χ4v) is 3.23. The molecule has 3 rings (SSSR count). The Morgan fingerprint density at radius 2 is 1.88 bits per heavy atom. The fraction of sp³-hybridized carbons (Fsp3) is 0.500. The van der Waals surface area contributed by atoms with Crippen LogP contribution < -0.4 is 4.90 Å². The number of carbonyl (C=O) groups excluding carboxylic acids is 1. The Labute approximate surface area is 148 Å². The van der Waals surface area contributed by atoms with Crippen molar-refractivity contribution >= 4 is 22.6 Å². The third-order valence-electron chi connectivity index (χ3n) is 4.13. The number of hydrogen-bond acceptors (Lipinski definition) is 5. The minimum Gasteiger partial charge on any atom is -0.456 e. The lowest BCUT2D eigenvalue weighted by Gasteiger charge is -2.37. The molecule has 0 spiro atoms. The van der Waals surface area contributed by atoms with E-state index in [1.54, 1.807) is 12.3 Å². The highest BCUT2D eigenvalue weighted by molar-refractivity contribution is 6.04. The molecule has 1 aromatic heterocycles. The summed E-state index contributed by atoms with van der Waals surface area (Å²) in [5, 5.41) is 0.820. The zero-order valence-electron chi connectivity index (χ0n) is 15.6. The number of ether oxygens (including phenoxy) is 2. The summed E-state index contributed by atoms with van der Waals surface area (Å²) in [6.45, 7) is 11.4. The van der Waals surface area contributed by atoms with E-state index in [0.717, 1.165) is 29.7 Å². The molecule has 2 heterocycles. The van der Waals surface area contributed by atoms with E-state index in [-0.39, 0.29) is 18.2 Å². The van der Waals surface area contributed by atoms with Gasteiger partial charge >= 0.3 is 5.97 Å². The molecule has 5 nitrogen and oxygen atoms in total. The van der Waals surface area contributed by atoms with Crippen LogP contribution in [-0.4, -0.2) is 41.9 Å². The number of carbonyl (C=O) groups is 1. The van der Waals surface area contributed by atoms with Gasteiger partial charge in [0.2, 0.25) is 0 Å². The van der Waals surface area contributed by atoms with Crippen molar-refractivity contribution < 1.29 is 14.3 Å². The zero-order valence-corrected chi connectivity index (χ0v) is 15.6. The summed E-state index contributed by atoms with van der Waals surface area (Å²) in [4.78, 5) is 19.3. The van der Waals surface area contributed by atoms with Gasteiger partial charge in [-0.05, 0) is 58.9 Å². The predicted octanol–water partition coefficient (Wildman–Crippen LogP) is 3.80. The third kappa shape index (κ3) is 4.10. The van der Waals surface area contributed by atoms with E-state index in [2.05, 4.69) is 29.8 Å². The lowest BCUT2D eigenvalue weighted by atomic mass is 10.1. The van der Waals surface area contributed by atoms with Crippen LogP contribution in [0.4, 0.5) is 5.69 Å². The molecular formula is C20H26N2O3. The van der Waals surface area contributed by atoms with Crippen molar-refractivity contribution in [3.63, 3.8) is 0 Å².